The van der Waals surface area contributed by atoms with Gasteiger partial charge in [-0.25, -0.2) is 9.97 Å². The van der Waals surface area contributed by atoms with Crippen molar-refractivity contribution in [1.29, 1.82) is 0 Å². The number of nitrogens with zero attached hydrogens (tertiary/aromatic N) is 2. The average Bonchev–Trinajstić information content (AvgIpc) is 2.64. The molecule has 0 aliphatic heterocycles. The molecule has 1 aromatic heterocycles. The van der Waals surface area contributed by atoms with Gasteiger partial charge in [-0.2, -0.15) is 0 Å². The minimum absolute atomic E-state index is 0.159. The highest BCUT2D eigenvalue weighted by Crippen LogP contribution is 2.15. The van der Waals surface area contributed by atoms with Crippen molar-refractivity contribution in [3.63, 3.8) is 0 Å². The molecule has 2 rings (SSSR count). The molecule has 0 saturated carbocycles. The van der Waals surface area contributed by atoms with Crippen molar-refractivity contribution in [2.24, 2.45) is 0 Å². The van der Waals surface area contributed by atoms with E-state index >= 15 is 0 Å². The molecule has 0 saturated heterocycles. The number of carboxylic acid groups (broad SMARTS) is 1. The number of hydrogen-bond donors (Lipinski definition) is 2. The number of aromatic nitrogens is 2. The number of aliphatic carboxylic acids is 1. The van der Waals surface area contributed by atoms with Gasteiger partial charge in [0.05, 0.1) is 11.3 Å². The molecule has 0 spiro atoms. The summed E-state index contributed by atoms with van der Waals surface area (Å²) < 4.78 is 0. The first-order valence-electron chi connectivity index (χ1n) is 8.97. The molecule has 2 aromatic rings. The second kappa shape index (κ2) is 10.3. The molecule has 0 aliphatic rings. The van der Waals surface area contributed by atoms with Crippen molar-refractivity contribution in [2.45, 2.75) is 45.4 Å². The topological polar surface area (TPSA) is 92.2 Å². The quantitative estimate of drug-likeness (QED) is 0.635. The van der Waals surface area contributed by atoms with Crippen LogP contribution in [0.4, 0.5) is 0 Å². The molecule has 1 heterocycles. The smallest absolute Gasteiger partial charge is 0.303 e. The summed E-state index contributed by atoms with van der Waals surface area (Å²) in [4.78, 5) is 31.4. The summed E-state index contributed by atoms with van der Waals surface area (Å²) in [6, 6.07) is 9.66. The van der Waals surface area contributed by atoms with E-state index in [1.54, 1.807) is 6.20 Å². The summed E-state index contributed by atoms with van der Waals surface area (Å²) in [5, 5.41) is 11.5. The second-order valence-electron chi connectivity index (χ2n) is 6.23. The Morgan fingerprint density at radius 1 is 1.04 bits per heavy atom. The number of carbonyl (C=O) groups is 2. The number of rotatable bonds is 10. The lowest BCUT2D eigenvalue weighted by Gasteiger charge is -2.08. The minimum atomic E-state index is -0.742. The molecule has 6 nitrogen and oxygen atoms in total. The minimum Gasteiger partial charge on any atom is -0.481 e. The van der Waals surface area contributed by atoms with Gasteiger partial charge >= 0.3 is 5.97 Å². The van der Waals surface area contributed by atoms with Crippen molar-refractivity contribution in [3.8, 4) is 11.4 Å². The molecule has 26 heavy (non-hydrogen) atoms. The molecule has 0 unspecified atom stereocenters. The zero-order valence-electron chi connectivity index (χ0n) is 15.1. The first kappa shape index (κ1) is 19.6. The number of nitrogens with one attached hydrogen (secondary N) is 1. The molecule has 0 aliphatic carbocycles. The fourth-order valence-electron chi connectivity index (χ4n) is 2.64. The van der Waals surface area contributed by atoms with Crippen LogP contribution in [0.3, 0.4) is 0 Å². The van der Waals surface area contributed by atoms with E-state index in [0.717, 1.165) is 31.2 Å². The van der Waals surface area contributed by atoms with E-state index in [0.29, 0.717) is 30.0 Å². The van der Waals surface area contributed by atoms with Gasteiger partial charge < -0.3 is 10.4 Å². The summed E-state index contributed by atoms with van der Waals surface area (Å²) in [6.45, 7) is 2.41. The van der Waals surface area contributed by atoms with Crippen molar-refractivity contribution in [2.75, 3.05) is 6.54 Å². The summed E-state index contributed by atoms with van der Waals surface area (Å²) in [5.74, 6) is -0.290. The summed E-state index contributed by atoms with van der Waals surface area (Å²) in [5.41, 5.74) is 2.07. The third-order valence-corrected chi connectivity index (χ3v) is 4.11. The third-order valence-electron chi connectivity index (χ3n) is 4.11. The van der Waals surface area contributed by atoms with Crippen LogP contribution < -0.4 is 5.32 Å². The van der Waals surface area contributed by atoms with E-state index < -0.39 is 5.97 Å². The van der Waals surface area contributed by atoms with Crippen LogP contribution in [-0.2, 0) is 4.79 Å². The zero-order chi connectivity index (χ0) is 18.8. The van der Waals surface area contributed by atoms with Crippen molar-refractivity contribution in [1.82, 2.24) is 15.3 Å². The van der Waals surface area contributed by atoms with Gasteiger partial charge in [-0.1, -0.05) is 49.6 Å². The Balaban J connectivity index is 1.75. The lowest BCUT2D eigenvalue weighted by Crippen LogP contribution is -2.25. The van der Waals surface area contributed by atoms with Crippen LogP contribution in [0.15, 0.2) is 36.5 Å². The molecular formula is C20H25N3O3. The number of benzene rings is 1. The molecule has 6 heteroatoms. The maximum atomic E-state index is 12.3. The monoisotopic (exact) mass is 355 g/mol. The Morgan fingerprint density at radius 2 is 1.73 bits per heavy atom. The van der Waals surface area contributed by atoms with Crippen molar-refractivity contribution in [3.05, 3.63) is 47.8 Å². The van der Waals surface area contributed by atoms with Crippen LogP contribution in [0.5, 0.6) is 0 Å². The Bertz CT molecular complexity index is 732. The standard InChI is InChI=1S/C20H25N3O3/c1-15-17(14-22-19(23-15)16-10-6-5-7-11-16)20(26)21-13-9-4-2-3-8-12-18(24)25/h5-7,10-11,14H,2-4,8-9,12-13H2,1H3,(H,21,26)(H,24,25). The van der Waals surface area contributed by atoms with Gasteiger partial charge in [0, 0.05) is 24.7 Å². The Labute approximate surface area is 153 Å². The molecule has 1 amide bonds. The number of hydrogen-bond acceptors (Lipinski definition) is 4. The molecule has 2 N–H and O–H groups in total. The van der Waals surface area contributed by atoms with Crippen molar-refractivity contribution >= 4 is 11.9 Å². The maximum absolute atomic E-state index is 12.3. The van der Waals surface area contributed by atoms with E-state index in [-0.39, 0.29) is 12.3 Å². The van der Waals surface area contributed by atoms with E-state index in [1.165, 1.54) is 0 Å². The van der Waals surface area contributed by atoms with Crippen LogP contribution in [0.25, 0.3) is 11.4 Å². The molecule has 0 bridgehead atoms. The van der Waals surface area contributed by atoms with Gasteiger partial charge in [-0.05, 0) is 19.8 Å². The maximum Gasteiger partial charge on any atom is 0.303 e. The van der Waals surface area contributed by atoms with Gasteiger partial charge in [0.15, 0.2) is 5.82 Å². The number of carbonyl (C=O) groups excluding carboxylic acids is 1. The fourth-order valence-corrected chi connectivity index (χ4v) is 2.64. The molecule has 0 atom stereocenters. The average molecular weight is 355 g/mol. The van der Waals surface area contributed by atoms with E-state index in [4.69, 9.17) is 5.11 Å². The lowest BCUT2D eigenvalue weighted by molar-refractivity contribution is -0.137. The molecular weight excluding hydrogens is 330 g/mol. The van der Waals surface area contributed by atoms with Gasteiger partial charge in [0.1, 0.15) is 0 Å². The Morgan fingerprint density at radius 3 is 2.42 bits per heavy atom. The number of aryl methyl sites for hydroxylation is 1. The van der Waals surface area contributed by atoms with Crippen LogP contribution >= 0.6 is 0 Å². The van der Waals surface area contributed by atoms with E-state index in [2.05, 4.69) is 15.3 Å². The van der Waals surface area contributed by atoms with E-state index in [9.17, 15) is 9.59 Å². The van der Waals surface area contributed by atoms with Crippen LogP contribution in [0.2, 0.25) is 0 Å². The second-order valence-corrected chi connectivity index (χ2v) is 6.23. The largest absolute Gasteiger partial charge is 0.481 e. The first-order chi connectivity index (χ1) is 12.6. The normalized spacial score (nSPS) is 10.5. The first-order valence-corrected chi connectivity index (χ1v) is 8.97. The third kappa shape index (κ3) is 6.27. The molecule has 1 aromatic carbocycles. The highest BCUT2D eigenvalue weighted by atomic mass is 16.4. The van der Waals surface area contributed by atoms with Crippen LogP contribution in [0, 0.1) is 6.92 Å². The zero-order valence-corrected chi connectivity index (χ0v) is 15.1. The number of amides is 1. The number of unbranched alkanes of at least 4 members (excludes halogenated alkanes) is 4. The summed E-state index contributed by atoms with van der Waals surface area (Å²) >= 11 is 0. The van der Waals surface area contributed by atoms with E-state index in [1.807, 2.05) is 37.3 Å². The lowest BCUT2D eigenvalue weighted by atomic mass is 10.1. The Kier molecular flexibility index (Phi) is 7.74. The summed E-state index contributed by atoms with van der Waals surface area (Å²) in [7, 11) is 0. The van der Waals surface area contributed by atoms with Gasteiger partial charge in [0.2, 0.25) is 0 Å². The number of carboxylic acids is 1. The van der Waals surface area contributed by atoms with Gasteiger partial charge in [-0.15, -0.1) is 0 Å². The highest BCUT2D eigenvalue weighted by molar-refractivity contribution is 5.95. The predicted octanol–water partition coefficient (Wildman–Crippen LogP) is 3.61. The fraction of sp³-hybridized carbons (Fsp3) is 0.400. The Hall–Kier alpha value is -2.76. The van der Waals surface area contributed by atoms with Gasteiger partial charge in [0.25, 0.3) is 5.91 Å². The van der Waals surface area contributed by atoms with Gasteiger partial charge in [-0.3, -0.25) is 9.59 Å². The highest BCUT2D eigenvalue weighted by Gasteiger charge is 2.12. The molecule has 0 radical (unpaired) electrons. The molecule has 138 valence electrons. The van der Waals surface area contributed by atoms with Crippen molar-refractivity contribution < 1.29 is 14.7 Å². The SMILES string of the molecule is Cc1nc(-c2ccccc2)ncc1C(=O)NCCCCCCCC(=O)O. The van der Waals surface area contributed by atoms with Crippen LogP contribution in [-0.4, -0.2) is 33.5 Å². The summed E-state index contributed by atoms with van der Waals surface area (Å²) in [6.07, 6.45) is 6.27. The molecule has 0 fully saturated rings. The van der Waals surface area contributed by atoms with Crippen LogP contribution in [0.1, 0.15) is 54.6 Å². The predicted molar refractivity (Wildman–Crippen MR) is 99.9 cm³/mol.